The Kier molecular flexibility index (Phi) is 5.13. The van der Waals surface area contributed by atoms with Gasteiger partial charge in [-0.15, -0.1) is 0 Å². The van der Waals surface area contributed by atoms with Crippen LogP contribution in [0.4, 0.5) is 0 Å². The van der Waals surface area contributed by atoms with Crippen molar-refractivity contribution in [1.29, 1.82) is 0 Å². The van der Waals surface area contributed by atoms with Gasteiger partial charge in [-0.05, 0) is 24.5 Å². The Balaban J connectivity index is 1.79. The summed E-state index contributed by atoms with van der Waals surface area (Å²) in [5.41, 5.74) is 2.42. The maximum atomic E-state index is 10.0. The minimum atomic E-state index is -0.353. The minimum absolute atomic E-state index is 0.256. The molecule has 2 rings (SSSR count). The lowest BCUT2D eigenvalue weighted by atomic mass is 10.1. The number of aliphatic hydroxyl groups is 1. The van der Waals surface area contributed by atoms with Crippen molar-refractivity contribution < 1.29 is 5.11 Å². The smallest absolute Gasteiger partial charge is 0.0705 e. The summed E-state index contributed by atoms with van der Waals surface area (Å²) in [4.78, 5) is 0. The van der Waals surface area contributed by atoms with Crippen LogP contribution in [0.15, 0.2) is 60.7 Å². The Morgan fingerprint density at radius 2 is 1.53 bits per heavy atom. The summed E-state index contributed by atoms with van der Waals surface area (Å²) >= 11 is 0. The first kappa shape index (κ1) is 13.8. The Bertz CT molecular complexity index is 469. The fraction of sp³-hybridized carbons (Fsp3) is 0.294. The largest absolute Gasteiger partial charge is 0.391 e. The Morgan fingerprint density at radius 1 is 0.947 bits per heavy atom. The van der Waals surface area contributed by atoms with E-state index in [1.165, 1.54) is 11.1 Å². The summed E-state index contributed by atoms with van der Waals surface area (Å²) < 4.78 is 0. The highest BCUT2D eigenvalue weighted by molar-refractivity contribution is 5.18. The molecule has 0 heterocycles. The number of hydrogen-bond donors (Lipinski definition) is 2. The van der Waals surface area contributed by atoms with Gasteiger partial charge in [0.1, 0.15) is 0 Å². The molecule has 0 spiro atoms. The van der Waals surface area contributed by atoms with Crippen LogP contribution in [-0.4, -0.2) is 17.8 Å². The van der Waals surface area contributed by atoms with E-state index in [4.69, 9.17) is 0 Å². The van der Waals surface area contributed by atoms with Gasteiger partial charge in [0, 0.05) is 12.6 Å². The molecule has 2 N–H and O–H groups in total. The highest BCUT2D eigenvalue weighted by Crippen LogP contribution is 2.11. The van der Waals surface area contributed by atoms with Crippen molar-refractivity contribution in [3.63, 3.8) is 0 Å². The van der Waals surface area contributed by atoms with Crippen molar-refractivity contribution in [2.75, 3.05) is 6.54 Å². The third-order valence-corrected chi connectivity index (χ3v) is 3.27. The van der Waals surface area contributed by atoms with E-state index in [1.807, 2.05) is 48.5 Å². The fourth-order valence-corrected chi connectivity index (χ4v) is 2.13. The minimum Gasteiger partial charge on any atom is -0.391 e. The molecule has 2 nitrogen and oxygen atoms in total. The summed E-state index contributed by atoms with van der Waals surface area (Å²) in [6, 6.07) is 20.6. The van der Waals surface area contributed by atoms with Crippen LogP contribution in [0.1, 0.15) is 24.1 Å². The molecule has 0 aliphatic carbocycles. The van der Waals surface area contributed by atoms with Crippen molar-refractivity contribution in [1.82, 2.24) is 5.32 Å². The van der Waals surface area contributed by atoms with Crippen molar-refractivity contribution in [3.05, 3.63) is 71.8 Å². The highest BCUT2D eigenvalue weighted by Gasteiger charge is 2.08. The molecule has 0 radical (unpaired) electrons. The number of rotatable bonds is 6. The average molecular weight is 255 g/mol. The summed E-state index contributed by atoms with van der Waals surface area (Å²) in [5, 5.41) is 13.4. The second kappa shape index (κ2) is 7.07. The Morgan fingerprint density at radius 3 is 2.16 bits per heavy atom. The SMILES string of the molecule is CC(NCC(O)Cc1ccccc1)c1ccccc1. The molecule has 0 saturated heterocycles. The molecule has 0 saturated carbocycles. The molecule has 2 unspecified atom stereocenters. The van der Waals surface area contributed by atoms with Crippen LogP contribution in [-0.2, 0) is 6.42 Å². The van der Waals surface area contributed by atoms with Gasteiger partial charge in [-0.25, -0.2) is 0 Å². The molecule has 0 bridgehead atoms. The quantitative estimate of drug-likeness (QED) is 0.832. The molecule has 0 aliphatic heterocycles. The van der Waals surface area contributed by atoms with Crippen molar-refractivity contribution in [2.45, 2.75) is 25.5 Å². The van der Waals surface area contributed by atoms with Gasteiger partial charge in [0.15, 0.2) is 0 Å². The maximum absolute atomic E-state index is 10.0. The van der Waals surface area contributed by atoms with E-state index < -0.39 is 0 Å². The van der Waals surface area contributed by atoms with Crippen LogP contribution in [0.5, 0.6) is 0 Å². The molecule has 2 heteroatoms. The first-order chi connectivity index (χ1) is 9.25. The normalized spacial score (nSPS) is 14.0. The molecule has 0 aromatic heterocycles. The maximum Gasteiger partial charge on any atom is 0.0705 e. The molecular weight excluding hydrogens is 234 g/mol. The van der Waals surface area contributed by atoms with Gasteiger partial charge >= 0.3 is 0 Å². The first-order valence-electron chi connectivity index (χ1n) is 6.76. The van der Waals surface area contributed by atoms with E-state index in [0.29, 0.717) is 13.0 Å². The van der Waals surface area contributed by atoms with Gasteiger partial charge in [0.2, 0.25) is 0 Å². The fourth-order valence-electron chi connectivity index (χ4n) is 2.13. The van der Waals surface area contributed by atoms with Gasteiger partial charge in [0.25, 0.3) is 0 Å². The molecule has 2 aromatic carbocycles. The second-order valence-electron chi connectivity index (χ2n) is 4.88. The standard InChI is InChI=1S/C17H21NO/c1-14(16-10-6-3-7-11-16)18-13-17(19)12-15-8-4-2-5-9-15/h2-11,14,17-19H,12-13H2,1H3. The summed E-state index contributed by atoms with van der Waals surface area (Å²) in [6.07, 6.45) is 0.337. The van der Waals surface area contributed by atoms with Crippen molar-refractivity contribution in [3.8, 4) is 0 Å². The first-order valence-corrected chi connectivity index (χ1v) is 6.76. The summed E-state index contributed by atoms with van der Waals surface area (Å²) in [5.74, 6) is 0. The molecule has 0 fully saturated rings. The number of nitrogens with one attached hydrogen (secondary N) is 1. The molecule has 0 amide bonds. The third kappa shape index (κ3) is 4.51. The summed E-state index contributed by atoms with van der Waals surface area (Å²) in [7, 11) is 0. The Hall–Kier alpha value is -1.64. The van der Waals surface area contributed by atoms with E-state index in [2.05, 4.69) is 24.4 Å². The van der Waals surface area contributed by atoms with E-state index >= 15 is 0 Å². The number of hydrogen-bond acceptors (Lipinski definition) is 2. The van der Waals surface area contributed by atoms with Crippen LogP contribution in [0.25, 0.3) is 0 Å². The van der Waals surface area contributed by atoms with Gasteiger partial charge in [-0.1, -0.05) is 60.7 Å². The lowest BCUT2D eigenvalue weighted by molar-refractivity contribution is 0.168. The van der Waals surface area contributed by atoms with Crippen LogP contribution >= 0.6 is 0 Å². The molecule has 2 aromatic rings. The average Bonchev–Trinajstić information content (AvgIpc) is 2.47. The predicted molar refractivity (Wildman–Crippen MR) is 79.0 cm³/mol. The third-order valence-electron chi connectivity index (χ3n) is 3.27. The van der Waals surface area contributed by atoms with E-state index in [9.17, 15) is 5.11 Å². The zero-order valence-electron chi connectivity index (χ0n) is 11.3. The van der Waals surface area contributed by atoms with Gasteiger partial charge in [0.05, 0.1) is 6.10 Å². The van der Waals surface area contributed by atoms with E-state index in [-0.39, 0.29) is 12.1 Å². The van der Waals surface area contributed by atoms with Crippen molar-refractivity contribution in [2.24, 2.45) is 0 Å². The van der Waals surface area contributed by atoms with E-state index in [1.54, 1.807) is 0 Å². The van der Waals surface area contributed by atoms with Gasteiger partial charge in [-0.2, -0.15) is 0 Å². The van der Waals surface area contributed by atoms with Gasteiger partial charge < -0.3 is 10.4 Å². The molecular formula is C17H21NO. The Labute approximate surface area is 115 Å². The lowest BCUT2D eigenvalue weighted by Gasteiger charge is -2.17. The van der Waals surface area contributed by atoms with Crippen LogP contribution in [0, 0.1) is 0 Å². The topological polar surface area (TPSA) is 32.3 Å². The summed E-state index contributed by atoms with van der Waals surface area (Å²) in [6.45, 7) is 2.72. The molecule has 19 heavy (non-hydrogen) atoms. The van der Waals surface area contributed by atoms with Crippen LogP contribution < -0.4 is 5.32 Å². The molecule has 2 atom stereocenters. The molecule has 100 valence electrons. The lowest BCUT2D eigenvalue weighted by Crippen LogP contribution is -2.30. The highest BCUT2D eigenvalue weighted by atomic mass is 16.3. The van der Waals surface area contributed by atoms with Crippen LogP contribution in [0.2, 0.25) is 0 Å². The van der Waals surface area contributed by atoms with Crippen LogP contribution in [0.3, 0.4) is 0 Å². The zero-order chi connectivity index (χ0) is 13.5. The van der Waals surface area contributed by atoms with E-state index in [0.717, 1.165) is 0 Å². The number of aliphatic hydroxyl groups excluding tert-OH is 1. The molecule has 0 aliphatic rings. The monoisotopic (exact) mass is 255 g/mol. The zero-order valence-corrected chi connectivity index (χ0v) is 11.3. The van der Waals surface area contributed by atoms with Gasteiger partial charge in [-0.3, -0.25) is 0 Å². The number of benzene rings is 2. The predicted octanol–water partition coefficient (Wildman–Crippen LogP) is 2.94. The second-order valence-corrected chi connectivity index (χ2v) is 4.88. The van der Waals surface area contributed by atoms with Crippen molar-refractivity contribution >= 4 is 0 Å².